The summed E-state index contributed by atoms with van der Waals surface area (Å²) in [4.78, 5) is 38.4. The predicted octanol–water partition coefficient (Wildman–Crippen LogP) is 3.64. The van der Waals surface area contributed by atoms with Gasteiger partial charge in [0.25, 0.3) is 5.91 Å². The van der Waals surface area contributed by atoms with Crippen molar-refractivity contribution < 1.29 is 14.4 Å². The van der Waals surface area contributed by atoms with Crippen LogP contribution < -0.4 is 10.6 Å². The number of hydrogen-bond acceptors (Lipinski definition) is 3. The minimum atomic E-state index is -1.01. The molecule has 1 aliphatic heterocycles. The summed E-state index contributed by atoms with van der Waals surface area (Å²) in [6.45, 7) is 3.29. The number of imide groups is 1. The molecule has 146 valence electrons. The zero-order valence-corrected chi connectivity index (χ0v) is 17.4. The van der Waals surface area contributed by atoms with Crippen LogP contribution in [0.25, 0.3) is 0 Å². The number of urea groups is 1. The molecule has 28 heavy (non-hydrogen) atoms. The van der Waals surface area contributed by atoms with E-state index in [-0.39, 0.29) is 12.5 Å². The third kappa shape index (κ3) is 4.42. The molecule has 3 rings (SSSR count). The van der Waals surface area contributed by atoms with Gasteiger partial charge in [-0.15, -0.1) is 0 Å². The number of hydrogen-bond donors (Lipinski definition) is 2. The number of halogens is 1. The molecule has 1 heterocycles. The Bertz CT molecular complexity index is 916. The summed E-state index contributed by atoms with van der Waals surface area (Å²) in [6.07, 6.45) is 1.12. The lowest BCUT2D eigenvalue weighted by Crippen LogP contribution is -2.45. The summed E-state index contributed by atoms with van der Waals surface area (Å²) >= 11 is 3.41. The normalized spacial score (nSPS) is 18.9. The fraction of sp³-hybridized carbons (Fsp3) is 0.286. The Morgan fingerprint density at radius 3 is 2.57 bits per heavy atom. The van der Waals surface area contributed by atoms with E-state index in [0.717, 1.165) is 20.5 Å². The number of nitrogens with one attached hydrogen (secondary N) is 2. The molecule has 1 unspecified atom stereocenters. The number of anilines is 1. The maximum absolute atomic E-state index is 12.8. The van der Waals surface area contributed by atoms with Crippen LogP contribution in [0.15, 0.2) is 53.0 Å². The summed E-state index contributed by atoms with van der Waals surface area (Å²) < 4.78 is 0.939. The molecule has 2 N–H and O–H groups in total. The second kappa shape index (κ2) is 8.14. The molecule has 0 bridgehead atoms. The van der Waals surface area contributed by atoms with Crippen LogP contribution in [0, 0.1) is 6.92 Å². The van der Waals surface area contributed by atoms with E-state index in [4.69, 9.17) is 0 Å². The van der Waals surface area contributed by atoms with E-state index < -0.39 is 17.5 Å². The third-order valence-electron chi connectivity index (χ3n) is 4.85. The monoisotopic (exact) mass is 443 g/mol. The van der Waals surface area contributed by atoms with Crippen LogP contribution in [-0.2, 0) is 16.0 Å². The fourth-order valence-corrected chi connectivity index (χ4v) is 3.41. The Labute approximate surface area is 172 Å². The quantitative estimate of drug-likeness (QED) is 0.668. The Balaban J connectivity index is 1.62. The highest BCUT2D eigenvalue weighted by atomic mass is 79.9. The molecule has 0 saturated carbocycles. The molecule has 1 atom stereocenters. The summed E-state index contributed by atoms with van der Waals surface area (Å²) in [7, 11) is 0. The van der Waals surface area contributed by atoms with Crippen molar-refractivity contribution in [2.75, 3.05) is 11.9 Å². The molecule has 0 spiro atoms. The standard InChI is InChI=1S/C21H22BrN3O3/c1-14-12-16(8-9-17(14)22)23-18(26)13-25-19(27)21(2,24-20(25)28)11-10-15-6-4-3-5-7-15/h3-9,12H,10-11,13H2,1-2H3,(H,23,26)(H,24,28). The van der Waals surface area contributed by atoms with Gasteiger partial charge in [-0.3, -0.25) is 14.5 Å². The average Bonchev–Trinajstić information content (AvgIpc) is 2.87. The van der Waals surface area contributed by atoms with E-state index in [1.807, 2.05) is 49.4 Å². The van der Waals surface area contributed by atoms with Gasteiger partial charge in [0, 0.05) is 10.2 Å². The Morgan fingerprint density at radius 1 is 1.18 bits per heavy atom. The van der Waals surface area contributed by atoms with Crippen LogP contribution in [0.5, 0.6) is 0 Å². The zero-order valence-electron chi connectivity index (χ0n) is 15.8. The van der Waals surface area contributed by atoms with Crippen molar-refractivity contribution in [2.45, 2.75) is 32.2 Å². The topological polar surface area (TPSA) is 78.5 Å². The molecule has 0 aromatic heterocycles. The van der Waals surface area contributed by atoms with E-state index >= 15 is 0 Å². The molecule has 2 aromatic rings. The Kier molecular flexibility index (Phi) is 5.84. The SMILES string of the molecule is Cc1cc(NC(=O)CN2C(=O)NC(C)(CCc3ccccc3)C2=O)ccc1Br. The molecular weight excluding hydrogens is 422 g/mol. The zero-order chi connectivity index (χ0) is 20.3. The lowest BCUT2D eigenvalue weighted by molar-refractivity contribution is -0.133. The molecule has 7 heteroatoms. The fourth-order valence-electron chi connectivity index (χ4n) is 3.17. The van der Waals surface area contributed by atoms with Gasteiger partial charge in [-0.05, 0) is 56.0 Å². The number of rotatable bonds is 6. The maximum atomic E-state index is 12.8. The van der Waals surface area contributed by atoms with Gasteiger partial charge >= 0.3 is 6.03 Å². The number of carbonyl (C=O) groups excluding carboxylic acids is 3. The molecule has 2 aromatic carbocycles. The summed E-state index contributed by atoms with van der Waals surface area (Å²) in [6, 6.07) is 14.6. The van der Waals surface area contributed by atoms with Crippen molar-refractivity contribution in [3.63, 3.8) is 0 Å². The number of benzene rings is 2. The van der Waals surface area contributed by atoms with Gasteiger partial charge < -0.3 is 10.6 Å². The van der Waals surface area contributed by atoms with Gasteiger partial charge in [0.15, 0.2) is 0 Å². The van der Waals surface area contributed by atoms with E-state index in [1.165, 1.54) is 0 Å². The van der Waals surface area contributed by atoms with E-state index in [0.29, 0.717) is 18.5 Å². The number of amides is 4. The highest BCUT2D eigenvalue weighted by molar-refractivity contribution is 9.10. The molecule has 1 fully saturated rings. The molecule has 6 nitrogen and oxygen atoms in total. The average molecular weight is 444 g/mol. The van der Waals surface area contributed by atoms with Gasteiger partial charge in [-0.1, -0.05) is 46.3 Å². The first-order valence-electron chi connectivity index (χ1n) is 9.02. The molecule has 1 aliphatic rings. The smallest absolute Gasteiger partial charge is 0.325 e. The van der Waals surface area contributed by atoms with Gasteiger partial charge in [-0.25, -0.2) is 4.79 Å². The van der Waals surface area contributed by atoms with Crippen molar-refractivity contribution in [3.05, 3.63) is 64.1 Å². The van der Waals surface area contributed by atoms with Crippen LogP contribution in [0.4, 0.5) is 10.5 Å². The second-order valence-corrected chi connectivity index (χ2v) is 8.01. The van der Waals surface area contributed by atoms with E-state index in [2.05, 4.69) is 26.6 Å². The first-order chi connectivity index (χ1) is 13.3. The number of nitrogens with zero attached hydrogens (tertiary/aromatic N) is 1. The van der Waals surface area contributed by atoms with Gasteiger partial charge in [0.05, 0.1) is 0 Å². The summed E-state index contributed by atoms with van der Waals surface area (Å²) in [5.41, 5.74) is 1.67. The highest BCUT2D eigenvalue weighted by Gasteiger charge is 2.47. The molecule has 0 radical (unpaired) electrons. The molecule has 1 saturated heterocycles. The third-order valence-corrected chi connectivity index (χ3v) is 5.73. The van der Waals surface area contributed by atoms with Gasteiger partial charge in [0.2, 0.25) is 5.91 Å². The van der Waals surface area contributed by atoms with Crippen LogP contribution >= 0.6 is 15.9 Å². The number of aryl methyl sites for hydroxylation is 2. The number of carbonyl (C=O) groups is 3. The summed E-state index contributed by atoms with van der Waals surface area (Å²) in [5.74, 6) is -0.798. The van der Waals surface area contributed by atoms with E-state index in [1.54, 1.807) is 13.0 Å². The van der Waals surface area contributed by atoms with Crippen molar-refractivity contribution in [1.82, 2.24) is 10.2 Å². The minimum absolute atomic E-state index is 0.319. The highest BCUT2D eigenvalue weighted by Crippen LogP contribution is 2.24. The first-order valence-corrected chi connectivity index (χ1v) is 9.82. The molecule has 0 aliphatic carbocycles. The van der Waals surface area contributed by atoms with Crippen molar-refractivity contribution >= 4 is 39.5 Å². The summed E-state index contributed by atoms with van der Waals surface area (Å²) in [5, 5.41) is 5.47. The van der Waals surface area contributed by atoms with Crippen LogP contribution in [-0.4, -0.2) is 34.8 Å². The second-order valence-electron chi connectivity index (χ2n) is 7.15. The predicted molar refractivity (Wildman–Crippen MR) is 111 cm³/mol. The van der Waals surface area contributed by atoms with Crippen LogP contribution in [0.1, 0.15) is 24.5 Å². The Morgan fingerprint density at radius 2 is 1.89 bits per heavy atom. The lowest BCUT2D eigenvalue weighted by Gasteiger charge is -2.21. The van der Waals surface area contributed by atoms with Gasteiger partial charge in [0.1, 0.15) is 12.1 Å². The van der Waals surface area contributed by atoms with Crippen molar-refractivity contribution in [3.8, 4) is 0 Å². The largest absolute Gasteiger partial charge is 0.325 e. The lowest BCUT2D eigenvalue weighted by atomic mass is 9.93. The van der Waals surface area contributed by atoms with Gasteiger partial charge in [-0.2, -0.15) is 0 Å². The van der Waals surface area contributed by atoms with Crippen molar-refractivity contribution in [1.29, 1.82) is 0 Å². The van der Waals surface area contributed by atoms with Crippen molar-refractivity contribution in [2.24, 2.45) is 0 Å². The molecule has 4 amide bonds. The maximum Gasteiger partial charge on any atom is 0.325 e. The minimum Gasteiger partial charge on any atom is -0.325 e. The first kappa shape index (κ1) is 20.1. The Hall–Kier alpha value is -2.67. The van der Waals surface area contributed by atoms with Crippen LogP contribution in [0.3, 0.4) is 0 Å². The molecular formula is C21H22BrN3O3. The van der Waals surface area contributed by atoms with Crippen LogP contribution in [0.2, 0.25) is 0 Å². The van der Waals surface area contributed by atoms with E-state index in [9.17, 15) is 14.4 Å².